The molecule has 0 heterocycles. The fourth-order valence-corrected chi connectivity index (χ4v) is 2.60. The largest absolute Gasteiger partial charge is 0.508 e. The highest BCUT2D eigenvalue weighted by atomic mass is 16.3. The normalized spacial score (nSPS) is 18.4. The van der Waals surface area contributed by atoms with Crippen LogP contribution in [0, 0.1) is 0 Å². The number of hydrogen-bond donors (Lipinski definition) is 1. The molecule has 0 atom stereocenters. The summed E-state index contributed by atoms with van der Waals surface area (Å²) in [6, 6.07) is 5.78. The summed E-state index contributed by atoms with van der Waals surface area (Å²) in [5.41, 5.74) is 5.03. The smallest absolute Gasteiger partial charge is 0.119 e. The molecule has 86 valence electrons. The van der Waals surface area contributed by atoms with Crippen LogP contribution in [0.5, 0.6) is 5.75 Å². The Balaban J connectivity index is 2.00. The van der Waals surface area contributed by atoms with Gasteiger partial charge in [-0.15, -0.1) is 0 Å². The number of fused-ring (bicyclic) bond motifs is 1. The summed E-state index contributed by atoms with van der Waals surface area (Å²) >= 11 is 0. The third-order valence-electron chi connectivity index (χ3n) is 3.53. The zero-order chi connectivity index (χ0) is 11.7. The molecule has 1 N–H and O–H groups in total. The molecular weight excluding hydrogens is 208 g/mol. The molecule has 1 aromatic rings. The second-order valence-electron chi connectivity index (χ2n) is 4.65. The molecule has 17 heavy (non-hydrogen) atoms. The Bertz CT molecular complexity index is 532. The molecule has 2 aliphatic rings. The first-order valence-corrected chi connectivity index (χ1v) is 6.23. The minimum absolute atomic E-state index is 0.436. The molecule has 0 unspecified atom stereocenters. The second-order valence-corrected chi connectivity index (χ2v) is 4.65. The van der Waals surface area contributed by atoms with E-state index in [2.05, 4.69) is 30.4 Å². The molecule has 1 heteroatoms. The highest BCUT2D eigenvalue weighted by Gasteiger charge is 2.15. The number of rotatable bonds is 1. The monoisotopic (exact) mass is 224 g/mol. The van der Waals surface area contributed by atoms with E-state index >= 15 is 0 Å². The maximum atomic E-state index is 9.80. The molecule has 0 saturated heterocycles. The van der Waals surface area contributed by atoms with Gasteiger partial charge in [-0.05, 0) is 48.5 Å². The third kappa shape index (κ3) is 1.93. The molecule has 0 aliphatic heterocycles. The predicted molar refractivity (Wildman–Crippen MR) is 70.9 cm³/mol. The van der Waals surface area contributed by atoms with Crippen molar-refractivity contribution < 1.29 is 5.11 Å². The lowest BCUT2D eigenvalue weighted by Crippen LogP contribution is -2.01. The average Bonchev–Trinajstić information content (AvgIpc) is 2.40. The van der Waals surface area contributed by atoms with Gasteiger partial charge in [-0.3, -0.25) is 0 Å². The molecular formula is C16H16O. The summed E-state index contributed by atoms with van der Waals surface area (Å²) in [4.78, 5) is 0. The second kappa shape index (κ2) is 4.25. The topological polar surface area (TPSA) is 20.2 Å². The lowest BCUT2D eigenvalue weighted by Gasteiger charge is -2.19. The van der Waals surface area contributed by atoms with Crippen molar-refractivity contribution in [2.45, 2.75) is 25.7 Å². The van der Waals surface area contributed by atoms with Crippen molar-refractivity contribution in [3.8, 4) is 5.75 Å². The van der Waals surface area contributed by atoms with Crippen molar-refractivity contribution in [3.05, 3.63) is 58.7 Å². The number of phenols is 1. The minimum atomic E-state index is 0.436. The van der Waals surface area contributed by atoms with E-state index in [0.29, 0.717) is 5.75 Å². The summed E-state index contributed by atoms with van der Waals surface area (Å²) < 4.78 is 0. The van der Waals surface area contributed by atoms with E-state index in [0.717, 1.165) is 31.2 Å². The average molecular weight is 224 g/mol. The summed E-state index contributed by atoms with van der Waals surface area (Å²) in [6.07, 6.45) is 13.3. The van der Waals surface area contributed by atoms with E-state index in [-0.39, 0.29) is 0 Å². The van der Waals surface area contributed by atoms with Crippen molar-refractivity contribution in [1.29, 1.82) is 0 Å². The Morgan fingerprint density at radius 3 is 2.82 bits per heavy atom. The van der Waals surface area contributed by atoms with Gasteiger partial charge >= 0.3 is 0 Å². The number of hydrogen-bond acceptors (Lipinski definition) is 1. The van der Waals surface area contributed by atoms with Gasteiger partial charge in [-0.25, -0.2) is 0 Å². The van der Waals surface area contributed by atoms with Crippen molar-refractivity contribution >= 4 is 6.08 Å². The number of phenolic OH excluding ortho intramolecular Hbond substituents is 1. The van der Waals surface area contributed by atoms with Gasteiger partial charge in [0.05, 0.1) is 0 Å². The predicted octanol–water partition coefficient (Wildman–Crippen LogP) is 4.00. The first kappa shape index (κ1) is 10.4. The van der Waals surface area contributed by atoms with Crippen LogP contribution in [0.1, 0.15) is 30.4 Å². The number of aromatic hydroxyl groups is 1. The van der Waals surface area contributed by atoms with Gasteiger partial charge in [0.15, 0.2) is 0 Å². The van der Waals surface area contributed by atoms with Crippen LogP contribution < -0.4 is 0 Å². The zero-order valence-electron chi connectivity index (χ0n) is 9.82. The molecule has 1 aromatic carbocycles. The van der Waals surface area contributed by atoms with Gasteiger partial charge in [0, 0.05) is 5.56 Å². The lowest BCUT2D eigenvalue weighted by atomic mass is 9.86. The fraction of sp³-hybridized carbons (Fsp3) is 0.250. The van der Waals surface area contributed by atoms with Crippen LogP contribution in [0.2, 0.25) is 0 Å². The minimum Gasteiger partial charge on any atom is -0.508 e. The third-order valence-corrected chi connectivity index (χ3v) is 3.53. The molecule has 1 nitrogen and oxygen atoms in total. The van der Waals surface area contributed by atoms with Crippen LogP contribution in [0.3, 0.4) is 0 Å². The first-order chi connectivity index (χ1) is 8.34. The first-order valence-electron chi connectivity index (χ1n) is 6.23. The molecule has 0 amide bonds. The van der Waals surface area contributed by atoms with E-state index in [1.165, 1.54) is 16.7 Å². The Morgan fingerprint density at radius 1 is 1.06 bits per heavy atom. The van der Waals surface area contributed by atoms with E-state index in [1.807, 2.05) is 6.07 Å². The highest BCUT2D eigenvalue weighted by molar-refractivity contribution is 5.67. The Labute approximate surface area is 102 Å². The Hall–Kier alpha value is -1.76. The van der Waals surface area contributed by atoms with E-state index in [1.54, 1.807) is 6.07 Å². The summed E-state index contributed by atoms with van der Waals surface area (Å²) in [5, 5.41) is 9.80. The highest BCUT2D eigenvalue weighted by Crippen LogP contribution is 2.34. The van der Waals surface area contributed by atoms with E-state index in [4.69, 9.17) is 0 Å². The maximum Gasteiger partial charge on any atom is 0.119 e. The Morgan fingerprint density at radius 2 is 2.00 bits per heavy atom. The summed E-state index contributed by atoms with van der Waals surface area (Å²) in [6.45, 7) is 0. The molecule has 3 rings (SSSR count). The molecule has 0 bridgehead atoms. The van der Waals surface area contributed by atoms with Gasteiger partial charge in [-0.1, -0.05) is 36.4 Å². The van der Waals surface area contributed by atoms with E-state index in [9.17, 15) is 5.11 Å². The van der Waals surface area contributed by atoms with E-state index < -0.39 is 0 Å². The van der Waals surface area contributed by atoms with Gasteiger partial charge in [0.2, 0.25) is 0 Å². The molecule has 0 fully saturated rings. The Kier molecular flexibility index (Phi) is 2.60. The fourth-order valence-electron chi connectivity index (χ4n) is 2.60. The van der Waals surface area contributed by atoms with Crippen molar-refractivity contribution in [2.24, 2.45) is 0 Å². The maximum absolute atomic E-state index is 9.80. The quantitative estimate of drug-likeness (QED) is 0.764. The van der Waals surface area contributed by atoms with Crippen molar-refractivity contribution in [2.75, 3.05) is 0 Å². The number of allylic oxidation sites excluding steroid dienone is 5. The number of benzene rings is 1. The lowest BCUT2D eigenvalue weighted by molar-refractivity contribution is 0.467. The van der Waals surface area contributed by atoms with Gasteiger partial charge in [-0.2, -0.15) is 0 Å². The molecule has 2 aliphatic carbocycles. The zero-order valence-corrected chi connectivity index (χ0v) is 9.82. The summed E-state index contributed by atoms with van der Waals surface area (Å²) in [5.74, 6) is 0.436. The van der Waals surface area contributed by atoms with Crippen LogP contribution in [0.25, 0.3) is 6.08 Å². The van der Waals surface area contributed by atoms with Crippen molar-refractivity contribution in [1.82, 2.24) is 0 Å². The van der Waals surface area contributed by atoms with Gasteiger partial charge in [0.1, 0.15) is 5.75 Å². The molecule has 0 radical (unpaired) electrons. The van der Waals surface area contributed by atoms with Crippen LogP contribution in [-0.4, -0.2) is 5.11 Å². The molecule has 0 saturated carbocycles. The van der Waals surface area contributed by atoms with Gasteiger partial charge < -0.3 is 5.11 Å². The summed E-state index contributed by atoms with van der Waals surface area (Å²) in [7, 11) is 0. The molecule has 0 aromatic heterocycles. The van der Waals surface area contributed by atoms with Crippen LogP contribution in [0.15, 0.2) is 47.6 Å². The van der Waals surface area contributed by atoms with Crippen LogP contribution in [-0.2, 0) is 6.42 Å². The van der Waals surface area contributed by atoms with Crippen LogP contribution >= 0.6 is 0 Å². The van der Waals surface area contributed by atoms with Gasteiger partial charge in [0.25, 0.3) is 0 Å². The molecule has 0 spiro atoms. The standard InChI is InChI=1S/C16H16O/c17-16-8-4-7-14-11-13(9-10-15(14)16)12-5-2-1-3-6-12/h2,4-8,11,17H,1,3,9-10H2. The SMILES string of the molecule is Oc1cccc2c1CCC(C1=CCCC=C1)=C2. The van der Waals surface area contributed by atoms with Crippen molar-refractivity contribution in [3.63, 3.8) is 0 Å². The van der Waals surface area contributed by atoms with Crippen LogP contribution in [0.4, 0.5) is 0 Å².